The van der Waals surface area contributed by atoms with Gasteiger partial charge in [0.1, 0.15) is 5.75 Å². The summed E-state index contributed by atoms with van der Waals surface area (Å²) in [7, 11) is 6.30. The van der Waals surface area contributed by atoms with Gasteiger partial charge in [-0.15, -0.1) is 0 Å². The van der Waals surface area contributed by atoms with Crippen molar-refractivity contribution in [3.8, 4) is 23.0 Å². The summed E-state index contributed by atoms with van der Waals surface area (Å²) >= 11 is 5.95. The van der Waals surface area contributed by atoms with Gasteiger partial charge in [-0.1, -0.05) is 17.7 Å². The maximum atomic E-state index is 12.9. The Morgan fingerprint density at radius 3 is 2.42 bits per heavy atom. The molecule has 0 saturated carbocycles. The minimum atomic E-state index is -0.421. The average Bonchev–Trinajstić information content (AvgIpc) is 3.21. The number of nitrogens with zero attached hydrogens (tertiary/aromatic N) is 2. The second kappa shape index (κ2) is 11.1. The molecule has 1 atom stereocenters. The number of rotatable bonds is 10. The lowest BCUT2D eigenvalue weighted by atomic mass is 10.1. The third-order valence-electron chi connectivity index (χ3n) is 5.51. The lowest BCUT2D eigenvalue weighted by molar-refractivity contribution is -0.134. The van der Waals surface area contributed by atoms with Crippen molar-refractivity contribution < 1.29 is 28.5 Å². The molecule has 2 amide bonds. The van der Waals surface area contributed by atoms with Crippen LogP contribution in [-0.4, -0.2) is 64.8 Å². The summed E-state index contributed by atoms with van der Waals surface area (Å²) in [6.07, 6.45) is 0.810. The highest BCUT2D eigenvalue weighted by Gasteiger charge is 2.37. The summed E-state index contributed by atoms with van der Waals surface area (Å²) in [5.41, 5.74) is 0.599. The van der Waals surface area contributed by atoms with Gasteiger partial charge < -0.3 is 28.7 Å². The van der Waals surface area contributed by atoms with Gasteiger partial charge in [0, 0.05) is 43.7 Å². The number of ether oxygens (including phenoxy) is 4. The molecule has 1 saturated heterocycles. The minimum Gasteiger partial charge on any atom is -0.493 e. The first-order valence-electron chi connectivity index (χ1n) is 10.6. The van der Waals surface area contributed by atoms with E-state index >= 15 is 0 Å². The van der Waals surface area contributed by atoms with Gasteiger partial charge >= 0.3 is 0 Å². The molecule has 178 valence electrons. The highest BCUT2D eigenvalue weighted by molar-refractivity contribution is 6.30. The maximum absolute atomic E-state index is 12.9. The molecule has 3 rings (SSSR count). The number of carbonyl (C=O) groups is 2. The van der Waals surface area contributed by atoms with E-state index in [2.05, 4.69) is 0 Å². The summed E-state index contributed by atoms with van der Waals surface area (Å²) < 4.78 is 21.8. The number of methoxy groups -OCH3 is 3. The SMILES string of the molecule is COc1cc(N2CC(C(=O)N(C)CCCOc3cccc(Cl)c3)CC2=O)cc(OC)c1OC. The molecular weight excluding hydrogens is 448 g/mol. The van der Waals surface area contributed by atoms with Gasteiger partial charge in [0.15, 0.2) is 11.5 Å². The molecule has 0 N–H and O–H groups in total. The fourth-order valence-corrected chi connectivity index (χ4v) is 4.00. The quantitative estimate of drug-likeness (QED) is 0.487. The zero-order valence-corrected chi connectivity index (χ0v) is 20.1. The molecule has 9 heteroatoms. The van der Waals surface area contributed by atoms with Gasteiger partial charge in [0.25, 0.3) is 0 Å². The molecule has 0 radical (unpaired) electrons. The Morgan fingerprint density at radius 2 is 1.82 bits per heavy atom. The predicted octanol–water partition coefficient (Wildman–Crippen LogP) is 3.65. The second-order valence-electron chi connectivity index (χ2n) is 7.71. The Bertz CT molecular complexity index is 974. The van der Waals surface area contributed by atoms with Gasteiger partial charge in [-0.25, -0.2) is 0 Å². The number of anilines is 1. The molecule has 1 unspecified atom stereocenters. The molecule has 0 aromatic heterocycles. The highest BCUT2D eigenvalue weighted by Crippen LogP contribution is 2.42. The summed E-state index contributed by atoms with van der Waals surface area (Å²) in [6.45, 7) is 1.27. The van der Waals surface area contributed by atoms with Gasteiger partial charge in [-0.3, -0.25) is 9.59 Å². The fraction of sp³-hybridized carbons (Fsp3) is 0.417. The van der Waals surface area contributed by atoms with E-state index in [-0.39, 0.29) is 18.2 Å². The van der Waals surface area contributed by atoms with Crippen molar-refractivity contribution in [1.29, 1.82) is 0 Å². The van der Waals surface area contributed by atoms with Crippen LogP contribution in [0.25, 0.3) is 0 Å². The smallest absolute Gasteiger partial charge is 0.227 e. The Morgan fingerprint density at radius 1 is 1.12 bits per heavy atom. The van der Waals surface area contributed by atoms with Crippen LogP contribution in [0.4, 0.5) is 5.69 Å². The Labute approximate surface area is 198 Å². The molecule has 8 nitrogen and oxygen atoms in total. The van der Waals surface area contributed by atoms with E-state index in [1.165, 1.54) is 21.3 Å². The molecule has 2 aromatic rings. The molecule has 2 aromatic carbocycles. The monoisotopic (exact) mass is 476 g/mol. The van der Waals surface area contributed by atoms with Gasteiger partial charge in [0.2, 0.25) is 17.6 Å². The van der Waals surface area contributed by atoms with Crippen molar-refractivity contribution >= 4 is 29.1 Å². The lowest BCUT2D eigenvalue weighted by Crippen LogP contribution is -2.35. The van der Waals surface area contributed by atoms with Gasteiger partial charge in [0.05, 0.1) is 39.5 Å². The third-order valence-corrected chi connectivity index (χ3v) is 5.75. The first-order chi connectivity index (χ1) is 15.9. The van der Waals surface area contributed by atoms with Crippen molar-refractivity contribution in [2.45, 2.75) is 12.8 Å². The molecule has 0 aliphatic carbocycles. The maximum Gasteiger partial charge on any atom is 0.227 e. The zero-order valence-electron chi connectivity index (χ0n) is 19.3. The van der Waals surface area contributed by atoms with E-state index in [0.717, 1.165) is 0 Å². The second-order valence-corrected chi connectivity index (χ2v) is 8.14. The van der Waals surface area contributed by atoms with Crippen LogP contribution in [0.2, 0.25) is 5.02 Å². The van der Waals surface area contributed by atoms with Crippen molar-refractivity contribution in [3.05, 3.63) is 41.4 Å². The largest absolute Gasteiger partial charge is 0.493 e. The summed E-state index contributed by atoms with van der Waals surface area (Å²) in [5, 5.41) is 0.613. The zero-order chi connectivity index (χ0) is 24.0. The van der Waals surface area contributed by atoms with Crippen LogP contribution in [0.3, 0.4) is 0 Å². The first-order valence-corrected chi connectivity index (χ1v) is 11.0. The number of hydrogen-bond donors (Lipinski definition) is 0. The van der Waals surface area contributed by atoms with Crippen molar-refractivity contribution in [2.75, 3.05) is 53.0 Å². The van der Waals surface area contributed by atoms with Crippen LogP contribution in [0.5, 0.6) is 23.0 Å². The van der Waals surface area contributed by atoms with E-state index in [0.29, 0.717) is 59.8 Å². The van der Waals surface area contributed by atoms with Crippen molar-refractivity contribution in [3.63, 3.8) is 0 Å². The minimum absolute atomic E-state index is 0.0685. The fourth-order valence-electron chi connectivity index (χ4n) is 3.82. The van der Waals surface area contributed by atoms with Crippen molar-refractivity contribution in [1.82, 2.24) is 4.90 Å². The normalized spacial score (nSPS) is 15.4. The van der Waals surface area contributed by atoms with Crippen LogP contribution >= 0.6 is 11.6 Å². The standard InChI is InChI=1S/C24H29ClN2O6/c1-26(9-6-10-33-19-8-5-7-17(25)12-19)24(29)16-11-22(28)27(15-16)18-13-20(30-2)23(32-4)21(14-18)31-3/h5,7-8,12-14,16H,6,9-11,15H2,1-4H3. The highest BCUT2D eigenvalue weighted by atomic mass is 35.5. The molecule has 1 aliphatic rings. The summed E-state index contributed by atoms with van der Waals surface area (Å²) in [4.78, 5) is 28.9. The van der Waals surface area contributed by atoms with Gasteiger partial charge in [-0.2, -0.15) is 0 Å². The third kappa shape index (κ3) is 5.82. The van der Waals surface area contributed by atoms with E-state index in [1.54, 1.807) is 41.1 Å². The topological polar surface area (TPSA) is 77.5 Å². The Kier molecular flexibility index (Phi) is 8.27. The number of hydrogen-bond acceptors (Lipinski definition) is 6. The molecular formula is C24H29ClN2O6. The molecule has 0 spiro atoms. The number of halogens is 1. The number of carbonyl (C=O) groups excluding carboxylic acids is 2. The van der Waals surface area contributed by atoms with Crippen molar-refractivity contribution in [2.24, 2.45) is 5.92 Å². The summed E-state index contributed by atoms with van der Waals surface area (Å²) in [6, 6.07) is 10.6. The van der Waals surface area contributed by atoms with E-state index in [1.807, 2.05) is 12.1 Å². The van der Waals surface area contributed by atoms with Crippen LogP contribution in [-0.2, 0) is 9.59 Å². The predicted molar refractivity (Wildman–Crippen MR) is 126 cm³/mol. The van der Waals surface area contributed by atoms with Crippen LogP contribution in [0, 0.1) is 5.92 Å². The van der Waals surface area contributed by atoms with E-state index in [4.69, 9.17) is 30.5 Å². The van der Waals surface area contributed by atoms with Crippen LogP contribution in [0.1, 0.15) is 12.8 Å². The Hall–Kier alpha value is -3.13. The average molecular weight is 477 g/mol. The first kappa shape index (κ1) is 24.5. The van der Waals surface area contributed by atoms with E-state index in [9.17, 15) is 9.59 Å². The summed E-state index contributed by atoms with van der Waals surface area (Å²) in [5.74, 6) is 1.43. The Balaban J connectivity index is 1.58. The van der Waals surface area contributed by atoms with Crippen LogP contribution < -0.4 is 23.8 Å². The molecule has 0 bridgehead atoms. The molecule has 33 heavy (non-hydrogen) atoms. The number of benzene rings is 2. The van der Waals surface area contributed by atoms with E-state index < -0.39 is 5.92 Å². The molecule has 1 fully saturated rings. The molecule has 1 heterocycles. The molecule has 1 aliphatic heterocycles. The van der Waals surface area contributed by atoms with Gasteiger partial charge in [-0.05, 0) is 24.6 Å². The number of amides is 2. The lowest BCUT2D eigenvalue weighted by Gasteiger charge is -2.22. The van der Waals surface area contributed by atoms with Crippen LogP contribution in [0.15, 0.2) is 36.4 Å².